The van der Waals surface area contributed by atoms with Crippen molar-refractivity contribution in [3.05, 3.63) is 0 Å². The number of ketones is 5. The largest absolute Gasteiger partial charge is 0.481 e. The number of carboxylic acids is 4. The fourth-order valence-electron chi connectivity index (χ4n) is 5.22. The molecule has 23 heteroatoms. The van der Waals surface area contributed by atoms with Crippen molar-refractivity contribution in [2.24, 2.45) is 11.5 Å². The number of nitrogens with one attached hydrogen (secondary N) is 4. The molecule has 0 spiro atoms. The summed E-state index contributed by atoms with van der Waals surface area (Å²) in [6.07, 6.45) is -3.89. The van der Waals surface area contributed by atoms with Gasteiger partial charge in [-0.25, -0.2) is 10.4 Å². The van der Waals surface area contributed by atoms with E-state index in [0.29, 0.717) is 6.42 Å². The molecule has 0 radical (unpaired) electrons. The zero-order chi connectivity index (χ0) is 42.0. The topological polar surface area (TPSA) is 392 Å². The first-order valence-electron chi connectivity index (χ1n) is 17.2. The minimum atomic E-state index is -1.62. The number of Topliss-reactive ketones (excluding diaryl/α,β-unsaturated/α-hetero) is 5. The highest BCUT2D eigenvalue weighted by Crippen LogP contribution is 2.18. The number of nitrogens with two attached hydrogens (primary N) is 2. The zero-order valence-corrected chi connectivity index (χ0v) is 30.1. The molecular formula is C32H49N7O16. The van der Waals surface area contributed by atoms with Crippen LogP contribution in [0.15, 0.2) is 0 Å². The molecule has 1 aliphatic rings. The molecule has 0 aromatic rings. The van der Waals surface area contributed by atoms with E-state index in [4.69, 9.17) is 26.8 Å². The fraction of sp³-hybridized carbons (Fsp3) is 0.656. The molecule has 308 valence electrons. The van der Waals surface area contributed by atoms with Gasteiger partial charge in [0.05, 0.1) is 62.2 Å². The van der Waals surface area contributed by atoms with Gasteiger partial charge in [0.25, 0.3) is 0 Å². The fourth-order valence-corrected chi connectivity index (χ4v) is 5.22. The number of carbonyl (C=O) groups is 11. The quantitative estimate of drug-likeness (QED) is 0.0250. The number of amides is 2. The molecule has 2 amide bonds. The maximum Gasteiger partial charge on any atom is 0.305 e. The first kappa shape index (κ1) is 48.0. The van der Waals surface area contributed by atoms with Crippen LogP contribution in [0.5, 0.6) is 0 Å². The first-order chi connectivity index (χ1) is 25.7. The Morgan fingerprint density at radius 1 is 0.691 bits per heavy atom. The Balaban J connectivity index is 2.89. The lowest BCUT2D eigenvalue weighted by Crippen LogP contribution is -2.57. The van der Waals surface area contributed by atoms with Gasteiger partial charge in [0.15, 0.2) is 17.3 Å². The van der Waals surface area contributed by atoms with Gasteiger partial charge in [0, 0.05) is 25.8 Å². The molecule has 1 saturated heterocycles. The molecule has 1 rings (SSSR count). The minimum Gasteiger partial charge on any atom is -0.481 e. The molecule has 0 unspecified atom stereocenters. The summed E-state index contributed by atoms with van der Waals surface area (Å²) in [5.74, 6) is -11.9. The first-order valence-corrected chi connectivity index (χ1v) is 17.2. The molecule has 0 aromatic heterocycles. The van der Waals surface area contributed by atoms with Crippen LogP contribution in [-0.2, 0) is 52.7 Å². The SMILES string of the molecule is C[C@H](NCC(=O)[C@H](CC(=O)O)NC(=O)[C@@H](N)CCC(=O)O)C(=O)CC(=O)[C@H](CO)NN1CCC[C@H]1C(=O)C(=O)[C@H](CCC(=O)O)NC(=O)[C@@H](N)CCC(=O)O. The van der Waals surface area contributed by atoms with Crippen LogP contribution in [0.3, 0.4) is 0 Å². The molecule has 0 bridgehead atoms. The summed E-state index contributed by atoms with van der Waals surface area (Å²) in [6, 6.07) is -9.81. The van der Waals surface area contributed by atoms with Crippen molar-refractivity contribution in [2.45, 2.75) is 113 Å². The number of aliphatic carboxylic acids is 4. The number of aliphatic hydroxyl groups is 1. The molecule has 1 fully saturated rings. The van der Waals surface area contributed by atoms with Gasteiger partial charge in [-0.2, -0.15) is 0 Å². The van der Waals surface area contributed by atoms with Gasteiger partial charge in [-0.1, -0.05) is 0 Å². The predicted octanol–water partition coefficient (Wildman–Crippen LogP) is -4.78. The van der Waals surface area contributed by atoms with Crippen molar-refractivity contribution < 1.29 is 78.3 Å². The van der Waals surface area contributed by atoms with E-state index in [1.165, 1.54) is 11.9 Å². The van der Waals surface area contributed by atoms with Crippen molar-refractivity contribution in [3.8, 4) is 0 Å². The number of carbonyl (C=O) groups excluding carboxylic acids is 7. The average Bonchev–Trinajstić information content (AvgIpc) is 3.58. The van der Waals surface area contributed by atoms with Gasteiger partial charge >= 0.3 is 23.9 Å². The van der Waals surface area contributed by atoms with E-state index >= 15 is 0 Å². The van der Waals surface area contributed by atoms with E-state index in [1.54, 1.807) is 0 Å². The van der Waals surface area contributed by atoms with Gasteiger partial charge in [0.2, 0.25) is 23.4 Å². The lowest BCUT2D eigenvalue weighted by atomic mass is 9.97. The number of aliphatic hydroxyl groups excluding tert-OH is 1. The van der Waals surface area contributed by atoms with E-state index in [1.807, 2.05) is 0 Å². The zero-order valence-electron chi connectivity index (χ0n) is 30.1. The molecule has 1 heterocycles. The van der Waals surface area contributed by atoms with Gasteiger partial charge in [-0.15, -0.1) is 0 Å². The normalized spacial score (nSPS) is 17.4. The number of hydrazine groups is 1. The third-order valence-corrected chi connectivity index (χ3v) is 8.48. The number of nitrogens with zero attached hydrogens (tertiary/aromatic N) is 1. The third-order valence-electron chi connectivity index (χ3n) is 8.48. The van der Waals surface area contributed by atoms with Crippen LogP contribution in [0.4, 0.5) is 0 Å². The van der Waals surface area contributed by atoms with Gasteiger partial charge in [-0.3, -0.25) is 52.7 Å². The molecule has 0 saturated carbocycles. The molecule has 55 heavy (non-hydrogen) atoms. The van der Waals surface area contributed by atoms with E-state index in [9.17, 15) is 63.0 Å². The van der Waals surface area contributed by atoms with E-state index in [2.05, 4.69) is 21.4 Å². The van der Waals surface area contributed by atoms with E-state index < -0.39 is 159 Å². The van der Waals surface area contributed by atoms with Crippen molar-refractivity contribution in [1.82, 2.24) is 26.4 Å². The number of carboxylic acid groups (broad SMARTS) is 4. The summed E-state index contributed by atoms with van der Waals surface area (Å²) < 4.78 is 0. The molecular weight excluding hydrogens is 738 g/mol. The average molecular weight is 788 g/mol. The van der Waals surface area contributed by atoms with Crippen molar-refractivity contribution in [1.29, 1.82) is 0 Å². The highest BCUT2D eigenvalue weighted by Gasteiger charge is 2.40. The van der Waals surface area contributed by atoms with Crippen LogP contribution in [-0.4, -0.2) is 157 Å². The summed E-state index contributed by atoms with van der Waals surface area (Å²) in [5, 5.41) is 53.9. The second kappa shape index (κ2) is 23.7. The Hall–Kier alpha value is -5.07. The summed E-state index contributed by atoms with van der Waals surface area (Å²) in [5.41, 5.74) is 13.9. The summed E-state index contributed by atoms with van der Waals surface area (Å²) in [7, 11) is 0. The third kappa shape index (κ3) is 17.3. The van der Waals surface area contributed by atoms with E-state index in [0.717, 1.165) is 0 Å². The lowest BCUT2D eigenvalue weighted by Gasteiger charge is -2.29. The molecule has 0 aliphatic carbocycles. The standard InChI is InChI=1S/C32H49N7O16/c1-15(35-13-24(43)19(11-28(50)51)37-32(55)17(34)5-8-26(46)47)22(41)12-23(42)20(14-40)38-39-10-2-3-21(39)30(53)29(52)18(6-9-27(48)49)36-31(54)16(33)4-7-25(44)45/h15-21,35,38,40H,2-14,33-34H2,1H3,(H,36,54)(H,37,55)(H,44,45)(H,46,47)(H,48,49)(H,50,51)/t15-,16-,17-,18-,19-,20-,21-/m0/s1. The molecule has 7 atom stereocenters. The summed E-state index contributed by atoms with van der Waals surface area (Å²) >= 11 is 0. The smallest absolute Gasteiger partial charge is 0.305 e. The second-order valence-corrected chi connectivity index (χ2v) is 12.9. The summed E-state index contributed by atoms with van der Waals surface area (Å²) in [6.45, 7) is -0.129. The monoisotopic (exact) mass is 787 g/mol. The van der Waals surface area contributed by atoms with Crippen molar-refractivity contribution in [2.75, 3.05) is 19.7 Å². The number of hydrogen-bond donors (Lipinski definition) is 11. The van der Waals surface area contributed by atoms with Crippen molar-refractivity contribution >= 4 is 64.6 Å². The predicted molar refractivity (Wildman–Crippen MR) is 184 cm³/mol. The maximum absolute atomic E-state index is 13.3. The van der Waals surface area contributed by atoms with Crippen LogP contribution in [0.25, 0.3) is 0 Å². The molecule has 13 N–H and O–H groups in total. The van der Waals surface area contributed by atoms with Crippen LogP contribution < -0.4 is 32.8 Å². The maximum atomic E-state index is 13.3. The van der Waals surface area contributed by atoms with Crippen LogP contribution in [0, 0.1) is 0 Å². The van der Waals surface area contributed by atoms with Gasteiger partial charge in [0.1, 0.15) is 6.04 Å². The van der Waals surface area contributed by atoms with Crippen LogP contribution in [0.2, 0.25) is 0 Å². The summed E-state index contributed by atoms with van der Waals surface area (Å²) in [4.78, 5) is 134. The Morgan fingerprint density at radius 2 is 1.20 bits per heavy atom. The van der Waals surface area contributed by atoms with Crippen LogP contribution >= 0.6 is 0 Å². The molecule has 1 aliphatic heterocycles. The minimum absolute atomic E-state index is 0.0765. The molecule has 0 aromatic carbocycles. The molecule has 23 nitrogen and oxygen atoms in total. The Kier molecular flexibility index (Phi) is 20.6. The Bertz CT molecular complexity index is 1470. The number of hydrogen-bond acceptors (Lipinski definition) is 17. The van der Waals surface area contributed by atoms with E-state index in [-0.39, 0.29) is 25.8 Å². The lowest BCUT2D eigenvalue weighted by molar-refractivity contribution is -0.143. The second-order valence-electron chi connectivity index (χ2n) is 12.9. The van der Waals surface area contributed by atoms with Crippen LogP contribution in [0.1, 0.15) is 71.1 Å². The Labute approximate surface area is 313 Å². The Morgan fingerprint density at radius 3 is 1.69 bits per heavy atom. The number of rotatable bonds is 29. The van der Waals surface area contributed by atoms with Gasteiger partial charge < -0.3 is 53.0 Å². The van der Waals surface area contributed by atoms with Crippen molar-refractivity contribution in [3.63, 3.8) is 0 Å². The van der Waals surface area contributed by atoms with Gasteiger partial charge in [-0.05, 0) is 39.0 Å². The highest BCUT2D eigenvalue weighted by molar-refractivity contribution is 6.41. The highest BCUT2D eigenvalue weighted by atomic mass is 16.4.